The molecule has 0 aromatic heterocycles. The van der Waals surface area contributed by atoms with Gasteiger partial charge in [-0.2, -0.15) is 0 Å². The van der Waals surface area contributed by atoms with E-state index in [2.05, 4.69) is 5.32 Å². The smallest absolute Gasteiger partial charge is 0.408 e. The summed E-state index contributed by atoms with van der Waals surface area (Å²) >= 11 is 0. The second-order valence-corrected chi connectivity index (χ2v) is 6.82. The lowest BCUT2D eigenvalue weighted by Crippen LogP contribution is -2.69. The highest BCUT2D eigenvalue weighted by Gasteiger charge is 2.60. The molecule has 2 bridgehead atoms. The van der Waals surface area contributed by atoms with Crippen molar-refractivity contribution in [2.24, 2.45) is 5.41 Å². The predicted molar refractivity (Wildman–Crippen MR) is 66.8 cm³/mol. The zero-order valence-corrected chi connectivity index (χ0v) is 11.6. The number of aliphatic carboxylic acids is 1. The Labute approximate surface area is 112 Å². The third-order valence-corrected chi connectivity index (χ3v) is 3.51. The summed E-state index contributed by atoms with van der Waals surface area (Å²) in [5.74, 6) is -0.823. The molecule has 0 aromatic rings. The Morgan fingerprint density at radius 2 is 1.95 bits per heavy atom. The summed E-state index contributed by atoms with van der Waals surface area (Å²) < 4.78 is 10.7. The highest BCUT2D eigenvalue weighted by atomic mass is 16.6. The van der Waals surface area contributed by atoms with Gasteiger partial charge in [-0.1, -0.05) is 0 Å². The van der Waals surface area contributed by atoms with Gasteiger partial charge in [-0.25, -0.2) is 4.79 Å². The van der Waals surface area contributed by atoms with Gasteiger partial charge in [-0.15, -0.1) is 0 Å². The Morgan fingerprint density at radius 3 is 2.47 bits per heavy atom. The van der Waals surface area contributed by atoms with Gasteiger partial charge in [0.15, 0.2) is 0 Å². The molecule has 3 fully saturated rings. The van der Waals surface area contributed by atoms with Crippen molar-refractivity contribution >= 4 is 12.1 Å². The average molecular weight is 271 g/mol. The molecule has 0 aromatic carbocycles. The number of ether oxygens (including phenoxy) is 2. The van der Waals surface area contributed by atoms with E-state index in [1.807, 2.05) is 0 Å². The van der Waals surface area contributed by atoms with Crippen LogP contribution in [-0.2, 0) is 14.3 Å². The number of nitrogens with one attached hydrogen (secondary N) is 1. The summed E-state index contributed by atoms with van der Waals surface area (Å²) in [6.07, 6.45) is 0.906. The van der Waals surface area contributed by atoms with E-state index in [4.69, 9.17) is 14.6 Å². The van der Waals surface area contributed by atoms with Crippen molar-refractivity contribution in [1.82, 2.24) is 5.32 Å². The molecule has 108 valence electrons. The normalized spacial score (nSPS) is 33.2. The average Bonchev–Trinajstić information content (AvgIpc) is 2.10. The minimum Gasteiger partial charge on any atom is -0.481 e. The fourth-order valence-electron chi connectivity index (χ4n) is 3.19. The first kappa shape index (κ1) is 14.1. The van der Waals surface area contributed by atoms with E-state index in [1.165, 1.54) is 0 Å². The van der Waals surface area contributed by atoms with Crippen molar-refractivity contribution in [1.29, 1.82) is 0 Å². The molecule has 2 saturated heterocycles. The second kappa shape index (κ2) is 4.37. The molecular formula is C13H21NO5. The molecule has 1 saturated carbocycles. The lowest BCUT2D eigenvalue weighted by molar-refractivity contribution is -0.175. The number of hydrogen-bond donors (Lipinski definition) is 2. The molecule has 6 nitrogen and oxygen atoms in total. The fourth-order valence-corrected chi connectivity index (χ4v) is 3.19. The molecular weight excluding hydrogens is 250 g/mol. The van der Waals surface area contributed by atoms with Crippen molar-refractivity contribution in [2.45, 2.75) is 51.2 Å². The highest BCUT2D eigenvalue weighted by molar-refractivity contribution is 5.70. The molecule has 3 aliphatic rings. The number of carbonyl (C=O) groups is 2. The lowest BCUT2D eigenvalue weighted by atomic mass is 9.55. The number of alkyl carbamates (subject to hydrolysis) is 1. The molecule has 1 aliphatic carbocycles. The van der Waals surface area contributed by atoms with Gasteiger partial charge in [0.1, 0.15) is 5.60 Å². The molecule has 0 atom stereocenters. The molecule has 2 heterocycles. The maximum absolute atomic E-state index is 11.8. The van der Waals surface area contributed by atoms with Crippen LogP contribution in [0.2, 0.25) is 0 Å². The van der Waals surface area contributed by atoms with Crippen molar-refractivity contribution < 1.29 is 24.2 Å². The van der Waals surface area contributed by atoms with Gasteiger partial charge in [0.25, 0.3) is 0 Å². The number of amides is 1. The monoisotopic (exact) mass is 271 g/mol. The molecule has 6 heteroatoms. The maximum Gasteiger partial charge on any atom is 0.408 e. The topological polar surface area (TPSA) is 84.9 Å². The van der Waals surface area contributed by atoms with E-state index >= 15 is 0 Å². The van der Waals surface area contributed by atoms with E-state index in [0.29, 0.717) is 26.1 Å². The lowest BCUT2D eigenvalue weighted by Gasteiger charge is -2.59. The van der Waals surface area contributed by atoms with Crippen molar-refractivity contribution in [3.8, 4) is 0 Å². The zero-order valence-electron chi connectivity index (χ0n) is 11.6. The van der Waals surface area contributed by atoms with Gasteiger partial charge < -0.3 is 19.9 Å². The molecule has 1 amide bonds. The third-order valence-electron chi connectivity index (χ3n) is 3.51. The van der Waals surface area contributed by atoms with Crippen LogP contribution in [0.1, 0.15) is 40.0 Å². The van der Waals surface area contributed by atoms with Crippen molar-refractivity contribution in [3.63, 3.8) is 0 Å². The Kier molecular flexibility index (Phi) is 3.24. The molecule has 19 heavy (non-hydrogen) atoms. The van der Waals surface area contributed by atoms with Crippen LogP contribution in [0, 0.1) is 5.41 Å². The fraction of sp³-hybridized carbons (Fsp3) is 0.846. The van der Waals surface area contributed by atoms with Gasteiger partial charge in [0.2, 0.25) is 0 Å². The summed E-state index contributed by atoms with van der Waals surface area (Å²) in [5, 5.41) is 11.7. The van der Waals surface area contributed by atoms with Crippen LogP contribution in [0.3, 0.4) is 0 Å². The van der Waals surface area contributed by atoms with Crippen LogP contribution in [0.15, 0.2) is 0 Å². The third kappa shape index (κ3) is 3.18. The molecule has 3 rings (SSSR count). The molecule has 0 unspecified atom stereocenters. The van der Waals surface area contributed by atoms with E-state index in [0.717, 1.165) is 0 Å². The number of carboxylic acid groups (broad SMARTS) is 1. The van der Waals surface area contributed by atoms with Crippen LogP contribution in [0.25, 0.3) is 0 Å². The van der Waals surface area contributed by atoms with E-state index in [1.54, 1.807) is 20.8 Å². The standard InChI is InChI=1S/C13H21NO5/c1-11(2,3)19-10(17)14-13-5-12(6-13,4-9(15)16)7-18-8-13/h4-8H2,1-3H3,(H,14,17)(H,15,16). The first-order valence-corrected chi connectivity index (χ1v) is 6.45. The SMILES string of the molecule is CC(C)(C)OC(=O)NC12COCC(CC(=O)O)(C1)C2. The summed E-state index contributed by atoms with van der Waals surface area (Å²) in [7, 11) is 0. The maximum atomic E-state index is 11.8. The van der Waals surface area contributed by atoms with Crippen molar-refractivity contribution in [3.05, 3.63) is 0 Å². The quantitative estimate of drug-likeness (QED) is 0.813. The number of carbonyl (C=O) groups excluding carboxylic acids is 1. The Bertz CT molecular complexity index is 392. The Balaban J connectivity index is 1.92. The molecule has 0 spiro atoms. The second-order valence-electron chi connectivity index (χ2n) is 6.82. The van der Waals surface area contributed by atoms with Gasteiger partial charge >= 0.3 is 12.1 Å². The Hall–Kier alpha value is -1.30. The van der Waals surface area contributed by atoms with Gasteiger partial charge in [0.05, 0.1) is 25.2 Å². The summed E-state index contributed by atoms with van der Waals surface area (Å²) in [6, 6.07) is 0. The van der Waals surface area contributed by atoms with Crippen LogP contribution >= 0.6 is 0 Å². The number of rotatable bonds is 3. The molecule has 2 N–H and O–H groups in total. The number of fused-ring (bicyclic) bond motifs is 2. The summed E-state index contributed by atoms with van der Waals surface area (Å²) in [4.78, 5) is 22.6. The van der Waals surface area contributed by atoms with Crippen LogP contribution in [-0.4, -0.2) is 41.5 Å². The Morgan fingerprint density at radius 1 is 1.32 bits per heavy atom. The van der Waals surface area contributed by atoms with Gasteiger partial charge in [-0.05, 0) is 33.6 Å². The summed E-state index contributed by atoms with van der Waals surface area (Å²) in [6.45, 7) is 6.29. The highest BCUT2D eigenvalue weighted by Crippen LogP contribution is 2.54. The van der Waals surface area contributed by atoms with Gasteiger partial charge in [0, 0.05) is 5.41 Å². The van der Waals surface area contributed by atoms with Crippen LogP contribution in [0.4, 0.5) is 4.79 Å². The minimum atomic E-state index is -0.823. The first-order chi connectivity index (χ1) is 8.64. The van der Waals surface area contributed by atoms with Crippen molar-refractivity contribution in [2.75, 3.05) is 13.2 Å². The van der Waals surface area contributed by atoms with E-state index < -0.39 is 23.2 Å². The van der Waals surface area contributed by atoms with E-state index in [9.17, 15) is 9.59 Å². The predicted octanol–water partition coefficient (Wildman–Crippen LogP) is 1.53. The minimum absolute atomic E-state index is 0.0880. The van der Waals surface area contributed by atoms with Crippen LogP contribution < -0.4 is 5.32 Å². The first-order valence-electron chi connectivity index (χ1n) is 6.45. The van der Waals surface area contributed by atoms with Crippen LogP contribution in [0.5, 0.6) is 0 Å². The molecule has 0 radical (unpaired) electrons. The zero-order chi connectivity index (χ0) is 14.3. The largest absolute Gasteiger partial charge is 0.481 e. The van der Waals surface area contributed by atoms with Gasteiger partial charge in [-0.3, -0.25) is 4.79 Å². The summed E-state index contributed by atoms with van der Waals surface area (Å²) in [5.41, 5.74) is -1.31. The molecule has 2 aliphatic heterocycles. The number of hydrogen-bond acceptors (Lipinski definition) is 4. The van der Waals surface area contributed by atoms with E-state index in [-0.39, 0.29) is 11.8 Å². The number of carboxylic acids is 1.